The molecule has 0 saturated heterocycles. The van der Waals surface area contributed by atoms with Crippen LogP contribution in [0, 0.1) is 0 Å². The van der Waals surface area contributed by atoms with Crippen molar-refractivity contribution in [3.63, 3.8) is 0 Å². The van der Waals surface area contributed by atoms with Crippen LogP contribution in [-0.4, -0.2) is 34.0 Å². The number of hydrogen-bond donors (Lipinski definition) is 3. The largest absolute Gasteiger partial charge is 0.506 e. The van der Waals surface area contributed by atoms with Crippen LogP contribution >= 0.6 is 0 Å². The topological polar surface area (TPSA) is 113 Å². The SMILES string of the molecule is C=CCn1c(=O)c(C(=O)N/N=C/c2ccc(O)c(OC)c2)c(O)c2ccccc21. The molecule has 0 unspecified atom stereocenters. The fourth-order valence-electron chi connectivity index (χ4n) is 2.90. The highest BCUT2D eigenvalue weighted by molar-refractivity contribution is 6.02. The first-order valence-electron chi connectivity index (χ1n) is 8.63. The van der Waals surface area contributed by atoms with E-state index >= 15 is 0 Å². The van der Waals surface area contributed by atoms with Gasteiger partial charge in [0.15, 0.2) is 11.5 Å². The molecule has 0 aliphatic carbocycles. The van der Waals surface area contributed by atoms with E-state index in [2.05, 4.69) is 17.1 Å². The number of hydrogen-bond acceptors (Lipinski definition) is 6. The van der Waals surface area contributed by atoms with Gasteiger partial charge in [0.2, 0.25) is 0 Å². The van der Waals surface area contributed by atoms with Crippen molar-refractivity contribution < 1.29 is 19.7 Å². The average Bonchev–Trinajstić information content (AvgIpc) is 2.72. The number of hydrazone groups is 1. The molecule has 3 rings (SSSR count). The molecule has 8 nitrogen and oxygen atoms in total. The number of phenols is 1. The second-order valence-corrected chi connectivity index (χ2v) is 6.08. The summed E-state index contributed by atoms with van der Waals surface area (Å²) in [5, 5.41) is 24.3. The molecule has 8 heteroatoms. The summed E-state index contributed by atoms with van der Waals surface area (Å²) in [4.78, 5) is 25.4. The highest BCUT2D eigenvalue weighted by Gasteiger charge is 2.21. The minimum Gasteiger partial charge on any atom is -0.506 e. The fraction of sp³-hybridized carbons (Fsp3) is 0.0952. The van der Waals surface area contributed by atoms with Gasteiger partial charge in [-0.3, -0.25) is 9.59 Å². The molecule has 0 atom stereocenters. The number of nitrogens with one attached hydrogen (secondary N) is 1. The molecular weight excluding hydrogens is 374 g/mol. The van der Waals surface area contributed by atoms with Gasteiger partial charge >= 0.3 is 0 Å². The number of nitrogens with zero attached hydrogens (tertiary/aromatic N) is 2. The Kier molecular flexibility index (Phi) is 5.64. The third-order valence-corrected chi connectivity index (χ3v) is 4.27. The molecule has 0 fully saturated rings. The van der Waals surface area contributed by atoms with Crippen LogP contribution in [0.1, 0.15) is 15.9 Å². The fourth-order valence-corrected chi connectivity index (χ4v) is 2.90. The average molecular weight is 393 g/mol. The van der Waals surface area contributed by atoms with Crippen molar-refractivity contribution in [3.8, 4) is 17.2 Å². The number of amides is 1. The highest BCUT2D eigenvalue weighted by Crippen LogP contribution is 2.27. The zero-order valence-corrected chi connectivity index (χ0v) is 15.6. The van der Waals surface area contributed by atoms with Crippen LogP contribution in [-0.2, 0) is 6.54 Å². The Hall–Kier alpha value is -4.07. The monoisotopic (exact) mass is 393 g/mol. The first-order valence-corrected chi connectivity index (χ1v) is 8.63. The Morgan fingerprint density at radius 1 is 1.28 bits per heavy atom. The number of rotatable bonds is 6. The smallest absolute Gasteiger partial charge is 0.280 e. The number of phenolic OH excluding ortho intramolecular Hbond substituents is 1. The van der Waals surface area contributed by atoms with E-state index in [0.29, 0.717) is 16.5 Å². The number of carbonyl (C=O) groups is 1. The van der Waals surface area contributed by atoms with E-state index in [1.165, 1.54) is 36.1 Å². The van der Waals surface area contributed by atoms with Gasteiger partial charge in [0, 0.05) is 11.9 Å². The zero-order chi connectivity index (χ0) is 21.0. The number of para-hydroxylation sites is 1. The lowest BCUT2D eigenvalue weighted by Crippen LogP contribution is -2.31. The highest BCUT2D eigenvalue weighted by atomic mass is 16.5. The van der Waals surface area contributed by atoms with E-state index in [4.69, 9.17) is 4.74 Å². The molecule has 2 aromatic carbocycles. The molecule has 3 aromatic rings. The van der Waals surface area contributed by atoms with Crippen molar-refractivity contribution in [1.29, 1.82) is 0 Å². The summed E-state index contributed by atoms with van der Waals surface area (Å²) < 4.78 is 6.36. The maximum absolute atomic E-state index is 12.8. The van der Waals surface area contributed by atoms with Gasteiger partial charge in [0.25, 0.3) is 11.5 Å². The van der Waals surface area contributed by atoms with Gasteiger partial charge in [0.05, 0.1) is 18.8 Å². The van der Waals surface area contributed by atoms with Crippen molar-refractivity contribution in [2.45, 2.75) is 6.54 Å². The van der Waals surface area contributed by atoms with E-state index < -0.39 is 22.8 Å². The molecule has 0 bridgehead atoms. The van der Waals surface area contributed by atoms with Crippen LogP contribution < -0.4 is 15.7 Å². The Morgan fingerprint density at radius 2 is 2.03 bits per heavy atom. The van der Waals surface area contributed by atoms with Crippen LogP contribution in [0.3, 0.4) is 0 Å². The van der Waals surface area contributed by atoms with E-state index in [9.17, 15) is 19.8 Å². The summed E-state index contributed by atoms with van der Waals surface area (Å²) in [6, 6.07) is 11.2. The normalized spacial score (nSPS) is 10.9. The number of carbonyl (C=O) groups excluding carboxylic acids is 1. The van der Waals surface area contributed by atoms with Crippen LogP contribution in [0.25, 0.3) is 10.9 Å². The maximum atomic E-state index is 12.8. The number of benzene rings is 2. The lowest BCUT2D eigenvalue weighted by molar-refractivity contribution is 0.0950. The van der Waals surface area contributed by atoms with E-state index in [0.717, 1.165) is 0 Å². The van der Waals surface area contributed by atoms with Crippen LogP contribution in [0.2, 0.25) is 0 Å². The van der Waals surface area contributed by atoms with E-state index in [1.807, 2.05) is 0 Å². The number of fused-ring (bicyclic) bond motifs is 1. The minimum atomic E-state index is -0.849. The summed E-state index contributed by atoms with van der Waals surface area (Å²) in [6.45, 7) is 3.81. The number of pyridine rings is 1. The number of ether oxygens (including phenoxy) is 1. The van der Waals surface area contributed by atoms with Crippen molar-refractivity contribution in [3.05, 3.63) is 76.6 Å². The van der Waals surface area contributed by atoms with Crippen LogP contribution in [0.15, 0.2) is 65.0 Å². The van der Waals surface area contributed by atoms with Gasteiger partial charge in [-0.05, 0) is 35.9 Å². The van der Waals surface area contributed by atoms with Gasteiger partial charge in [-0.15, -0.1) is 6.58 Å². The van der Waals surface area contributed by atoms with Crippen molar-refractivity contribution in [2.75, 3.05) is 7.11 Å². The van der Waals surface area contributed by atoms with Crippen LogP contribution in [0.5, 0.6) is 17.2 Å². The van der Waals surface area contributed by atoms with Crippen molar-refractivity contribution in [2.24, 2.45) is 5.10 Å². The van der Waals surface area contributed by atoms with Gasteiger partial charge in [-0.1, -0.05) is 18.2 Å². The predicted molar refractivity (Wildman–Crippen MR) is 110 cm³/mol. The molecular formula is C21H19N3O5. The molecule has 1 aromatic heterocycles. The van der Waals surface area contributed by atoms with E-state index in [-0.39, 0.29) is 18.0 Å². The first kappa shape index (κ1) is 19.7. The Bertz CT molecular complexity index is 1180. The zero-order valence-electron chi connectivity index (χ0n) is 15.6. The summed E-state index contributed by atoms with van der Waals surface area (Å²) in [5.74, 6) is -1.04. The number of methoxy groups -OCH3 is 1. The Morgan fingerprint density at radius 3 is 2.76 bits per heavy atom. The molecule has 0 saturated carbocycles. The van der Waals surface area contributed by atoms with Crippen molar-refractivity contribution >= 4 is 23.0 Å². The standard InChI is InChI=1S/C21H19N3O5/c1-3-10-24-15-7-5-4-6-14(15)19(26)18(21(24)28)20(27)23-22-12-13-8-9-16(25)17(11-13)29-2/h3-9,11-12,25-26H,1,10H2,2H3,(H,23,27)/b22-12+. The number of aromatic hydroxyl groups is 2. The molecule has 0 aliphatic rings. The minimum absolute atomic E-state index is 0.0301. The van der Waals surface area contributed by atoms with Gasteiger partial charge in [-0.2, -0.15) is 5.10 Å². The summed E-state index contributed by atoms with van der Waals surface area (Å²) in [6.07, 6.45) is 2.85. The summed E-state index contributed by atoms with van der Waals surface area (Å²) >= 11 is 0. The predicted octanol–water partition coefficient (Wildman–Crippen LogP) is 2.37. The van der Waals surface area contributed by atoms with Crippen LogP contribution in [0.4, 0.5) is 0 Å². The van der Waals surface area contributed by atoms with Gasteiger partial charge in [-0.25, -0.2) is 5.43 Å². The Balaban J connectivity index is 1.95. The van der Waals surface area contributed by atoms with Gasteiger partial charge < -0.3 is 19.5 Å². The number of allylic oxidation sites excluding steroid dienone is 1. The second kappa shape index (κ2) is 8.30. The molecule has 148 valence electrons. The molecule has 0 radical (unpaired) electrons. The quantitative estimate of drug-likeness (QED) is 0.338. The molecule has 0 aliphatic heterocycles. The molecule has 1 heterocycles. The third-order valence-electron chi connectivity index (χ3n) is 4.27. The lowest BCUT2D eigenvalue weighted by Gasteiger charge is -2.12. The lowest BCUT2D eigenvalue weighted by atomic mass is 10.1. The third kappa shape index (κ3) is 3.81. The number of aromatic nitrogens is 1. The van der Waals surface area contributed by atoms with Crippen molar-refractivity contribution in [1.82, 2.24) is 9.99 Å². The Labute approximate surface area is 166 Å². The second-order valence-electron chi connectivity index (χ2n) is 6.08. The molecule has 29 heavy (non-hydrogen) atoms. The summed E-state index contributed by atoms with van der Waals surface area (Å²) in [7, 11) is 1.41. The molecule has 1 amide bonds. The summed E-state index contributed by atoms with van der Waals surface area (Å²) in [5.41, 5.74) is 2.22. The van der Waals surface area contributed by atoms with E-state index in [1.54, 1.807) is 30.3 Å². The maximum Gasteiger partial charge on any atom is 0.280 e. The first-order chi connectivity index (χ1) is 14.0. The van der Waals surface area contributed by atoms with Gasteiger partial charge in [0.1, 0.15) is 11.3 Å². The molecule has 3 N–H and O–H groups in total. The molecule has 0 spiro atoms.